The van der Waals surface area contributed by atoms with E-state index in [9.17, 15) is 18.0 Å². The Morgan fingerprint density at radius 2 is 1.76 bits per heavy atom. The predicted octanol–water partition coefficient (Wildman–Crippen LogP) is 0.757. The fraction of sp³-hybridized carbons (Fsp3) is 0.857. The summed E-state index contributed by atoms with van der Waals surface area (Å²) < 4.78 is 29.0. The maximum absolute atomic E-state index is 12.2. The Balaban J connectivity index is 1.89. The highest BCUT2D eigenvalue weighted by Crippen LogP contribution is 2.50. The summed E-state index contributed by atoms with van der Waals surface area (Å²) in [4.78, 5) is 25.0. The van der Waals surface area contributed by atoms with E-state index in [0.29, 0.717) is 25.9 Å². The van der Waals surface area contributed by atoms with Crippen LogP contribution in [0.15, 0.2) is 0 Å². The first-order valence-corrected chi connectivity index (χ1v) is 9.23. The van der Waals surface area contributed by atoms with E-state index in [1.165, 1.54) is 7.11 Å². The molecule has 2 rings (SSSR count). The molecule has 0 spiro atoms. The average Bonchev–Trinajstić information content (AvgIpc) is 3.17. The zero-order chi connectivity index (χ0) is 15.5. The maximum Gasteiger partial charge on any atom is 0.306 e. The van der Waals surface area contributed by atoms with Crippen molar-refractivity contribution in [3.05, 3.63) is 0 Å². The van der Waals surface area contributed by atoms with Gasteiger partial charge in [-0.15, -0.1) is 0 Å². The van der Waals surface area contributed by atoms with Gasteiger partial charge >= 0.3 is 5.97 Å². The van der Waals surface area contributed by atoms with Gasteiger partial charge in [-0.05, 0) is 37.5 Å². The molecule has 6 nitrogen and oxygen atoms in total. The van der Waals surface area contributed by atoms with Crippen LogP contribution in [0.5, 0.6) is 0 Å². The first-order valence-electron chi connectivity index (χ1n) is 7.41. The van der Waals surface area contributed by atoms with Crippen molar-refractivity contribution in [1.29, 1.82) is 0 Å². The molecule has 7 heteroatoms. The average molecular weight is 317 g/mol. The lowest BCUT2D eigenvalue weighted by molar-refractivity contribution is -0.141. The molecule has 0 aromatic carbocycles. The zero-order valence-electron chi connectivity index (χ0n) is 12.5. The van der Waals surface area contributed by atoms with Crippen LogP contribution in [0.1, 0.15) is 38.5 Å². The Kier molecular flexibility index (Phi) is 4.91. The van der Waals surface area contributed by atoms with Crippen LogP contribution in [0.25, 0.3) is 0 Å². The number of amides is 1. The highest BCUT2D eigenvalue weighted by atomic mass is 32.2. The van der Waals surface area contributed by atoms with E-state index in [-0.39, 0.29) is 24.1 Å². The van der Waals surface area contributed by atoms with Gasteiger partial charge in [-0.3, -0.25) is 9.59 Å². The number of nitrogens with zero attached hydrogens (tertiary/aromatic N) is 1. The second-order valence-electron chi connectivity index (χ2n) is 6.23. The van der Waals surface area contributed by atoms with Crippen LogP contribution in [-0.2, 0) is 24.2 Å². The molecule has 0 radical (unpaired) electrons. The molecule has 0 aromatic rings. The molecule has 1 aliphatic heterocycles. The number of piperidine rings is 1. The molecule has 1 amide bonds. The van der Waals surface area contributed by atoms with Crippen molar-refractivity contribution in [3.63, 3.8) is 0 Å². The molecule has 21 heavy (non-hydrogen) atoms. The number of methoxy groups -OCH3 is 1. The smallest absolute Gasteiger partial charge is 0.306 e. The van der Waals surface area contributed by atoms with Gasteiger partial charge < -0.3 is 9.64 Å². The minimum absolute atomic E-state index is 0.0886. The van der Waals surface area contributed by atoms with Gasteiger partial charge in [0, 0.05) is 13.1 Å². The van der Waals surface area contributed by atoms with Crippen molar-refractivity contribution < 1.29 is 22.7 Å². The molecule has 2 aliphatic rings. The number of likely N-dealkylation sites (tertiary alicyclic amines) is 1. The highest BCUT2D eigenvalue weighted by molar-refractivity contribution is 7.92. The van der Waals surface area contributed by atoms with E-state index in [1.54, 1.807) is 4.90 Å². The summed E-state index contributed by atoms with van der Waals surface area (Å²) >= 11 is 0. The summed E-state index contributed by atoms with van der Waals surface area (Å²) in [5, 5.41) is 0. The van der Waals surface area contributed by atoms with Gasteiger partial charge in [0.1, 0.15) is 5.75 Å². The number of carbonyl (C=O) groups is 2. The molecular weight excluding hydrogens is 294 g/mol. The number of sulfone groups is 1. The summed E-state index contributed by atoms with van der Waals surface area (Å²) in [7, 11) is -2.18. The third-order valence-corrected chi connectivity index (χ3v) is 6.02. The Bertz CT molecular complexity index is 503. The predicted molar refractivity (Wildman–Crippen MR) is 77.4 cm³/mol. The largest absolute Gasteiger partial charge is 0.469 e. The first kappa shape index (κ1) is 16.3. The first-order chi connectivity index (χ1) is 9.86. The molecule has 1 saturated carbocycles. The van der Waals surface area contributed by atoms with Crippen LogP contribution in [-0.4, -0.2) is 56.9 Å². The van der Waals surface area contributed by atoms with Gasteiger partial charge in [0.05, 0.1) is 19.3 Å². The summed E-state index contributed by atoms with van der Waals surface area (Å²) in [5.74, 6) is -1.21. The summed E-state index contributed by atoms with van der Waals surface area (Å²) in [6, 6.07) is 0. The van der Waals surface area contributed by atoms with E-state index < -0.39 is 21.0 Å². The lowest BCUT2D eigenvalue weighted by Crippen LogP contribution is -2.40. The topological polar surface area (TPSA) is 80.8 Å². The Morgan fingerprint density at radius 3 is 2.29 bits per heavy atom. The molecule has 0 bridgehead atoms. The number of hydrogen-bond acceptors (Lipinski definition) is 5. The highest BCUT2D eigenvalue weighted by Gasteiger charge is 2.48. The summed E-state index contributed by atoms with van der Waals surface area (Å²) in [6.07, 6.45) is 4.52. The van der Waals surface area contributed by atoms with E-state index >= 15 is 0 Å². The van der Waals surface area contributed by atoms with Gasteiger partial charge in [-0.25, -0.2) is 8.42 Å². The Hall–Kier alpha value is -1.11. The van der Waals surface area contributed by atoms with Crippen molar-refractivity contribution in [2.75, 3.05) is 31.7 Å². The third kappa shape index (κ3) is 4.69. The van der Waals surface area contributed by atoms with Gasteiger partial charge in [0.2, 0.25) is 5.91 Å². The van der Waals surface area contributed by atoms with Crippen LogP contribution >= 0.6 is 0 Å². The second kappa shape index (κ2) is 6.34. The van der Waals surface area contributed by atoms with Crippen molar-refractivity contribution in [3.8, 4) is 0 Å². The lowest BCUT2D eigenvalue weighted by atomic mass is 10.1. The number of esters is 1. The van der Waals surface area contributed by atoms with Crippen molar-refractivity contribution in [2.24, 2.45) is 5.41 Å². The molecule has 0 atom stereocenters. The normalized spacial score (nSPS) is 20.9. The van der Waals surface area contributed by atoms with Gasteiger partial charge in [-0.2, -0.15) is 0 Å². The molecule has 1 saturated heterocycles. The number of ether oxygens (including phenoxy) is 1. The van der Waals surface area contributed by atoms with Crippen LogP contribution in [0.3, 0.4) is 0 Å². The number of hydrogen-bond donors (Lipinski definition) is 0. The fourth-order valence-electron chi connectivity index (χ4n) is 2.87. The zero-order valence-corrected chi connectivity index (χ0v) is 13.3. The molecule has 0 unspecified atom stereocenters. The van der Waals surface area contributed by atoms with Crippen LogP contribution < -0.4 is 0 Å². The number of rotatable bonds is 6. The summed E-state index contributed by atoms with van der Waals surface area (Å²) in [6.45, 7) is 1.31. The second-order valence-corrected chi connectivity index (χ2v) is 8.29. The maximum atomic E-state index is 12.2. The Morgan fingerprint density at radius 1 is 1.14 bits per heavy atom. The van der Waals surface area contributed by atoms with Crippen LogP contribution in [0.4, 0.5) is 0 Å². The standard InChI is InChI=1S/C14H23NO5S/c1-20-13(17)9-14(5-6-14)11-21(18,19)10-12(16)15-7-3-2-4-8-15/h2-11H2,1H3. The van der Waals surface area contributed by atoms with Crippen molar-refractivity contribution in [1.82, 2.24) is 4.90 Å². The van der Waals surface area contributed by atoms with Gasteiger partial charge in [0.15, 0.2) is 9.84 Å². The molecule has 120 valence electrons. The molecule has 0 aromatic heterocycles. The fourth-order valence-corrected chi connectivity index (χ4v) is 4.85. The molecule has 1 aliphatic carbocycles. The van der Waals surface area contributed by atoms with E-state index in [0.717, 1.165) is 19.3 Å². The van der Waals surface area contributed by atoms with E-state index in [4.69, 9.17) is 0 Å². The number of carbonyl (C=O) groups excluding carboxylic acids is 2. The minimum Gasteiger partial charge on any atom is -0.469 e. The van der Waals surface area contributed by atoms with Crippen LogP contribution in [0, 0.1) is 5.41 Å². The van der Waals surface area contributed by atoms with Crippen molar-refractivity contribution in [2.45, 2.75) is 38.5 Å². The van der Waals surface area contributed by atoms with Crippen molar-refractivity contribution >= 4 is 21.7 Å². The molecule has 1 heterocycles. The van der Waals surface area contributed by atoms with Crippen LogP contribution in [0.2, 0.25) is 0 Å². The SMILES string of the molecule is COC(=O)CC1(CS(=O)(=O)CC(=O)N2CCCCC2)CC1. The monoisotopic (exact) mass is 317 g/mol. The molecule has 0 N–H and O–H groups in total. The van der Waals surface area contributed by atoms with E-state index in [2.05, 4.69) is 4.74 Å². The molecular formula is C14H23NO5S. The molecule has 2 fully saturated rings. The van der Waals surface area contributed by atoms with Gasteiger partial charge in [-0.1, -0.05) is 0 Å². The third-order valence-electron chi connectivity index (χ3n) is 4.28. The Labute approximate surface area is 125 Å². The summed E-state index contributed by atoms with van der Waals surface area (Å²) in [5.41, 5.74) is -0.492. The minimum atomic E-state index is -3.48. The van der Waals surface area contributed by atoms with E-state index in [1.807, 2.05) is 0 Å². The lowest BCUT2D eigenvalue weighted by Gasteiger charge is -2.26. The van der Waals surface area contributed by atoms with Gasteiger partial charge in [0.25, 0.3) is 0 Å². The quantitative estimate of drug-likeness (QED) is 0.676.